The summed E-state index contributed by atoms with van der Waals surface area (Å²) in [5, 5.41) is 12.4. The second kappa shape index (κ2) is 6.26. The molecule has 1 aliphatic rings. The van der Waals surface area contributed by atoms with Crippen molar-refractivity contribution in [1.82, 2.24) is 5.32 Å². The maximum absolute atomic E-state index is 11.8. The Bertz CT molecular complexity index is 605. The Labute approximate surface area is 120 Å². The molecule has 2 amide bonds. The molecule has 6 heteroatoms. The maximum atomic E-state index is 11.8. The highest BCUT2D eigenvalue weighted by atomic mass is 32.2. The van der Waals surface area contributed by atoms with Gasteiger partial charge in [0.2, 0.25) is 11.8 Å². The van der Waals surface area contributed by atoms with Gasteiger partial charge in [-0.3, -0.25) is 9.59 Å². The molecular formula is C14H13N3O2S. The van der Waals surface area contributed by atoms with E-state index in [1.165, 1.54) is 0 Å². The van der Waals surface area contributed by atoms with Crippen molar-refractivity contribution < 1.29 is 9.59 Å². The van der Waals surface area contributed by atoms with Gasteiger partial charge in [0.05, 0.1) is 22.4 Å². The highest BCUT2D eigenvalue weighted by molar-refractivity contribution is 8.03. The number of rotatable bonds is 4. The van der Waals surface area contributed by atoms with Gasteiger partial charge in [0.25, 0.3) is 0 Å². The van der Waals surface area contributed by atoms with Crippen LogP contribution in [0, 0.1) is 11.3 Å². The van der Waals surface area contributed by atoms with Crippen LogP contribution >= 0.6 is 11.8 Å². The zero-order valence-corrected chi connectivity index (χ0v) is 11.4. The fourth-order valence-corrected chi connectivity index (χ4v) is 2.86. The minimum atomic E-state index is -0.490. The van der Waals surface area contributed by atoms with Crippen LogP contribution in [0.1, 0.15) is 17.9 Å². The Morgan fingerprint density at radius 1 is 1.45 bits per heavy atom. The number of benzene rings is 1. The monoisotopic (exact) mass is 287 g/mol. The number of carbonyl (C=O) groups excluding carboxylic acids is 2. The molecule has 0 radical (unpaired) electrons. The topological polar surface area (TPSA) is 96.0 Å². The first-order chi connectivity index (χ1) is 9.61. The molecule has 0 fully saturated rings. The third-order valence-electron chi connectivity index (χ3n) is 2.92. The zero-order chi connectivity index (χ0) is 14.5. The van der Waals surface area contributed by atoms with Gasteiger partial charge in [0, 0.05) is 12.3 Å². The molecule has 0 saturated carbocycles. The molecule has 0 unspecified atom stereocenters. The number of allylic oxidation sites excluding steroid dienone is 1. The SMILES string of the molecule is N#CC1=C(SCC(N)=O)NC(=O)C[C@H]1c1ccccc1. The van der Waals surface area contributed by atoms with E-state index in [9.17, 15) is 14.9 Å². The standard InChI is InChI=1S/C14H13N3O2S/c15-7-11-10(9-4-2-1-3-5-9)6-13(19)17-14(11)20-8-12(16)18/h1-5,10H,6,8H2,(H2,16,18)(H,17,19)/t10-/m0/s1. The summed E-state index contributed by atoms with van der Waals surface area (Å²) in [5.41, 5.74) is 6.49. The molecule has 1 aromatic rings. The second-order valence-corrected chi connectivity index (χ2v) is 5.31. The molecule has 0 saturated heterocycles. The normalized spacial score (nSPS) is 18.4. The van der Waals surface area contributed by atoms with Gasteiger partial charge >= 0.3 is 0 Å². The molecule has 3 N–H and O–H groups in total. The Morgan fingerprint density at radius 3 is 2.75 bits per heavy atom. The maximum Gasteiger partial charge on any atom is 0.227 e. The van der Waals surface area contributed by atoms with Gasteiger partial charge in [-0.05, 0) is 5.56 Å². The number of primary amides is 1. The lowest BCUT2D eigenvalue weighted by Crippen LogP contribution is -2.31. The van der Waals surface area contributed by atoms with Gasteiger partial charge in [-0.2, -0.15) is 5.26 Å². The fourth-order valence-electron chi connectivity index (χ4n) is 2.05. The first-order valence-corrected chi connectivity index (χ1v) is 7.00. The molecule has 0 aliphatic carbocycles. The summed E-state index contributed by atoms with van der Waals surface area (Å²) in [4.78, 5) is 22.6. The molecule has 0 bridgehead atoms. The third kappa shape index (κ3) is 3.19. The van der Waals surface area contributed by atoms with Crippen molar-refractivity contribution in [1.29, 1.82) is 5.26 Å². The van der Waals surface area contributed by atoms with Crippen molar-refractivity contribution >= 4 is 23.6 Å². The number of nitrogens with one attached hydrogen (secondary N) is 1. The summed E-state index contributed by atoms with van der Waals surface area (Å²) >= 11 is 1.09. The molecule has 102 valence electrons. The predicted molar refractivity (Wildman–Crippen MR) is 76.2 cm³/mol. The summed E-state index contributed by atoms with van der Waals surface area (Å²) in [7, 11) is 0. The van der Waals surface area contributed by atoms with Crippen LogP contribution in [-0.4, -0.2) is 17.6 Å². The van der Waals surface area contributed by atoms with Crippen LogP contribution in [-0.2, 0) is 9.59 Å². The van der Waals surface area contributed by atoms with Crippen molar-refractivity contribution in [2.45, 2.75) is 12.3 Å². The van der Waals surface area contributed by atoms with Gasteiger partial charge in [-0.1, -0.05) is 42.1 Å². The van der Waals surface area contributed by atoms with Crippen molar-refractivity contribution in [2.75, 3.05) is 5.75 Å². The number of amides is 2. The second-order valence-electron chi connectivity index (χ2n) is 4.33. The Balaban J connectivity index is 2.36. The van der Waals surface area contributed by atoms with E-state index in [0.717, 1.165) is 17.3 Å². The van der Waals surface area contributed by atoms with Gasteiger partial charge in [-0.25, -0.2) is 0 Å². The smallest absolute Gasteiger partial charge is 0.227 e. The van der Waals surface area contributed by atoms with Crippen molar-refractivity contribution in [2.24, 2.45) is 5.73 Å². The average molecular weight is 287 g/mol. The molecule has 1 heterocycles. The predicted octanol–water partition coefficient (Wildman–Crippen LogP) is 1.24. The molecule has 1 atom stereocenters. The number of hydrogen-bond acceptors (Lipinski definition) is 4. The van der Waals surface area contributed by atoms with Crippen LogP contribution in [0.25, 0.3) is 0 Å². The summed E-state index contributed by atoms with van der Waals surface area (Å²) in [6, 6.07) is 11.5. The molecule has 20 heavy (non-hydrogen) atoms. The molecule has 5 nitrogen and oxygen atoms in total. The van der Waals surface area contributed by atoms with Gasteiger partial charge in [0.15, 0.2) is 0 Å². The Morgan fingerprint density at radius 2 is 2.15 bits per heavy atom. The number of hydrogen-bond donors (Lipinski definition) is 2. The minimum absolute atomic E-state index is 0.0301. The van der Waals surface area contributed by atoms with Crippen LogP contribution in [0.3, 0.4) is 0 Å². The van der Waals surface area contributed by atoms with E-state index in [1.54, 1.807) is 0 Å². The van der Waals surface area contributed by atoms with Crippen molar-refractivity contribution in [3.63, 3.8) is 0 Å². The summed E-state index contributed by atoms with van der Waals surface area (Å²) in [6.07, 6.45) is 0.230. The van der Waals surface area contributed by atoms with Crippen LogP contribution in [0.4, 0.5) is 0 Å². The van der Waals surface area contributed by atoms with E-state index >= 15 is 0 Å². The van der Waals surface area contributed by atoms with Gasteiger partial charge < -0.3 is 11.1 Å². The fraction of sp³-hybridized carbons (Fsp3) is 0.214. The van der Waals surface area contributed by atoms with Crippen molar-refractivity contribution in [3.8, 4) is 6.07 Å². The van der Waals surface area contributed by atoms with Gasteiger partial charge in [0.1, 0.15) is 0 Å². The van der Waals surface area contributed by atoms with E-state index in [1.807, 2.05) is 30.3 Å². The molecular weight excluding hydrogens is 274 g/mol. The number of nitrogens with two attached hydrogens (primary N) is 1. The zero-order valence-electron chi connectivity index (χ0n) is 10.6. The number of thioether (sulfide) groups is 1. The Kier molecular flexibility index (Phi) is 4.43. The number of nitriles is 1. The molecule has 1 aromatic carbocycles. The number of nitrogens with zero attached hydrogens (tertiary/aromatic N) is 1. The van der Waals surface area contributed by atoms with Crippen LogP contribution in [0.15, 0.2) is 40.9 Å². The average Bonchev–Trinajstić information content (AvgIpc) is 2.45. The number of carbonyl (C=O) groups is 2. The van der Waals surface area contributed by atoms with E-state index in [2.05, 4.69) is 11.4 Å². The lowest BCUT2D eigenvalue weighted by Gasteiger charge is -2.24. The van der Waals surface area contributed by atoms with E-state index in [0.29, 0.717) is 10.6 Å². The summed E-state index contributed by atoms with van der Waals surface area (Å²) < 4.78 is 0. The van der Waals surface area contributed by atoms with Gasteiger partial charge in [-0.15, -0.1) is 0 Å². The highest BCUT2D eigenvalue weighted by Crippen LogP contribution is 2.35. The molecule has 0 aromatic heterocycles. The van der Waals surface area contributed by atoms with Crippen LogP contribution in [0.2, 0.25) is 0 Å². The highest BCUT2D eigenvalue weighted by Gasteiger charge is 2.29. The molecule has 2 rings (SSSR count). The molecule has 1 aliphatic heterocycles. The third-order valence-corrected chi connectivity index (χ3v) is 3.96. The van der Waals surface area contributed by atoms with Crippen LogP contribution in [0.5, 0.6) is 0 Å². The van der Waals surface area contributed by atoms with E-state index < -0.39 is 5.91 Å². The first kappa shape index (κ1) is 14.2. The van der Waals surface area contributed by atoms with Crippen molar-refractivity contribution in [3.05, 3.63) is 46.5 Å². The largest absolute Gasteiger partial charge is 0.369 e. The minimum Gasteiger partial charge on any atom is -0.369 e. The quantitative estimate of drug-likeness (QED) is 0.871. The lowest BCUT2D eigenvalue weighted by molar-refractivity contribution is -0.121. The first-order valence-electron chi connectivity index (χ1n) is 6.02. The summed E-state index contributed by atoms with van der Waals surface area (Å²) in [5.74, 6) is -0.895. The Hall–Kier alpha value is -2.26. The van der Waals surface area contributed by atoms with E-state index in [4.69, 9.17) is 5.73 Å². The molecule has 0 spiro atoms. The van der Waals surface area contributed by atoms with Crippen LogP contribution < -0.4 is 11.1 Å². The lowest BCUT2D eigenvalue weighted by atomic mass is 9.87. The van der Waals surface area contributed by atoms with E-state index in [-0.39, 0.29) is 24.0 Å². The summed E-state index contributed by atoms with van der Waals surface area (Å²) in [6.45, 7) is 0.